The Hall–Kier alpha value is -0.370. The number of fused-ring (bicyclic) bond motifs is 1. The second kappa shape index (κ2) is 4.65. The van der Waals surface area contributed by atoms with Crippen LogP contribution in [0.25, 0.3) is 0 Å². The van der Waals surface area contributed by atoms with Gasteiger partial charge in [-0.3, -0.25) is 9.69 Å². The first kappa shape index (κ1) is 11.1. The predicted octanol–water partition coefficient (Wildman–Crippen LogP) is 2.48. The van der Waals surface area contributed by atoms with E-state index < -0.39 is 0 Å². The zero-order valence-corrected chi connectivity index (χ0v) is 10.0. The SMILES string of the molecule is CC(C)C(=O)CN1CCC2CCCCC21. The number of hydrogen-bond acceptors (Lipinski definition) is 2. The van der Waals surface area contributed by atoms with Crippen molar-refractivity contribution in [3.63, 3.8) is 0 Å². The lowest BCUT2D eigenvalue weighted by molar-refractivity contribution is -0.123. The van der Waals surface area contributed by atoms with Crippen LogP contribution in [0, 0.1) is 11.8 Å². The zero-order chi connectivity index (χ0) is 10.8. The molecule has 0 aromatic rings. The van der Waals surface area contributed by atoms with Crippen molar-refractivity contribution in [2.45, 2.75) is 52.0 Å². The van der Waals surface area contributed by atoms with Crippen molar-refractivity contribution in [3.8, 4) is 0 Å². The second-order valence-corrected chi connectivity index (χ2v) is 5.49. The molecule has 1 aliphatic carbocycles. The van der Waals surface area contributed by atoms with Gasteiger partial charge in [-0.1, -0.05) is 26.7 Å². The lowest BCUT2D eigenvalue weighted by atomic mass is 9.85. The van der Waals surface area contributed by atoms with Crippen LogP contribution < -0.4 is 0 Å². The molecule has 0 aromatic carbocycles. The van der Waals surface area contributed by atoms with E-state index in [-0.39, 0.29) is 5.92 Å². The summed E-state index contributed by atoms with van der Waals surface area (Å²) in [7, 11) is 0. The molecule has 0 spiro atoms. The Balaban J connectivity index is 1.90. The molecule has 2 heteroatoms. The first-order chi connectivity index (χ1) is 7.18. The van der Waals surface area contributed by atoms with Gasteiger partial charge >= 0.3 is 0 Å². The minimum Gasteiger partial charge on any atom is -0.298 e. The maximum absolute atomic E-state index is 11.7. The number of likely N-dealkylation sites (tertiary alicyclic amines) is 1. The summed E-state index contributed by atoms with van der Waals surface area (Å²) < 4.78 is 0. The Morgan fingerprint density at radius 1 is 1.27 bits per heavy atom. The van der Waals surface area contributed by atoms with Crippen molar-refractivity contribution in [3.05, 3.63) is 0 Å². The standard InChI is InChI=1S/C13H23NO/c1-10(2)13(15)9-14-8-7-11-5-3-4-6-12(11)14/h10-12H,3-9H2,1-2H3. The summed E-state index contributed by atoms with van der Waals surface area (Å²) in [5.74, 6) is 1.52. The highest BCUT2D eigenvalue weighted by atomic mass is 16.1. The van der Waals surface area contributed by atoms with Gasteiger partial charge in [-0.2, -0.15) is 0 Å². The number of ketones is 1. The molecule has 86 valence electrons. The summed E-state index contributed by atoms with van der Waals surface area (Å²) in [6, 6.07) is 0.737. The average molecular weight is 209 g/mol. The lowest BCUT2D eigenvalue weighted by Crippen LogP contribution is -2.39. The topological polar surface area (TPSA) is 20.3 Å². The fourth-order valence-corrected chi connectivity index (χ4v) is 3.08. The smallest absolute Gasteiger partial charge is 0.149 e. The largest absolute Gasteiger partial charge is 0.298 e. The van der Waals surface area contributed by atoms with Crippen LogP contribution in [0.4, 0.5) is 0 Å². The van der Waals surface area contributed by atoms with Gasteiger partial charge in [0.15, 0.2) is 0 Å². The molecule has 0 radical (unpaired) electrons. The third-order valence-corrected chi connectivity index (χ3v) is 4.13. The summed E-state index contributed by atoms with van der Waals surface area (Å²) in [5.41, 5.74) is 0. The van der Waals surface area contributed by atoms with Crippen molar-refractivity contribution < 1.29 is 4.79 Å². The molecule has 0 N–H and O–H groups in total. The maximum Gasteiger partial charge on any atom is 0.149 e. The summed E-state index contributed by atoms with van der Waals surface area (Å²) in [5, 5.41) is 0. The molecule has 2 rings (SSSR count). The normalized spacial score (nSPS) is 31.9. The Kier molecular flexibility index (Phi) is 3.45. The van der Waals surface area contributed by atoms with E-state index in [1.807, 2.05) is 13.8 Å². The first-order valence-corrected chi connectivity index (χ1v) is 6.45. The van der Waals surface area contributed by atoms with E-state index in [9.17, 15) is 4.79 Å². The Morgan fingerprint density at radius 2 is 2.00 bits per heavy atom. The van der Waals surface area contributed by atoms with Crippen LogP contribution >= 0.6 is 0 Å². The molecule has 2 fully saturated rings. The summed E-state index contributed by atoms with van der Waals surface area (Å²) >= 11 is 0. The van der Waals surface area contributed by atoms with Gasteiger partial charge in [0.1, 0.15) is 5.78 Å². The highest BCUT2D eigenvalue weighted by molar-refractivity contribution is 5.82. The molecule has 2 atom stereocenters. The predicted molar refractivity (Wildman–Crippen MR) is 61.8 cm³/mol. The van der Waals surface area contributed by atoms with Crippen molar-refractivity contribution in [2.24, 2.45) is 11.8 Å². The van der Waals surface area contributed by atoms with E-state index in [1.54, 1.807) is 0 Å². The lowest BCUT2D eigenvalue weighted by Gasteiger charge is -2.31. The van der Waals surface area contributed by atoms with Crippen LogP contribution in [0.3, 0.4) is 0 Å². The van der Waals surface area contributed by atoms with Gasteiger partial charge in [-0.25, -0.2) is 0 Å². The first-order valence-electron chi connectivity index (χ1n) is 6.45. The van der Waals surface area contributed by atoms with Crippen LogP contribution in [0.1, 0.15) is 46.0 Å². The molecule has 0 bridgehead atoms. The molecule has 1 heterocycles. The minimum atomic E-state index is 0.202. The number of Topliss-reactive ketones (excluding diaryl/α,β-unsaturated/α-hetero) is 1. The average Bonchev–Trinajstić information content (AvgIpc) is 2.62. The quantitative estimate of drug-likeness (QED) is 0.711. The molecule has 2 nitrogen and oxygen atoms in total. The molecular formula is C13H23NO. The summed E-state index contributed by atoms with van der Waals surface area (Å²) in [4.78, 5) is 14.2. The van der Waals surface area contributed by atoms with Crippen molar-refractivity contribution in [1.29, 1.82) is 0 Å². The van der Waals surface area contributed by atoms with Crippen LogP contribution in [-0.2, 0) is 4.79 Å². The van der Waals surface area contributed by atoms with Crippen molar-refractivity contribution >= 4 is 5.78 Å². The molecule has 1 saturated heterocycles. The van der Waals surface area contributed by atoms with Gasteiger partial charge in [0.2, 0.25) is 0 Å². The number of carbonyl (C=O) groups is 1. The number of rotatable bonds is 3. The molecule has 2 aliphatic rings. The van der Waals surface area contributed by atoms with Crippen LogP contribution in [0.15, 0.2) is 0 Å². The Bertz CT molecular complexity index is 237. The van der Waals surface area contributed by atoms with E-state index >= 15 is 0 Å². The van der Waals surface area contributed by atoms with Crippen LogP contribution in [-0.4, -0.2) is 29.8 Å². The molecule has 0 amide bonds. The second-order valence-electron chi connectivity index (χ2n) is 5.49. The van der Waals surface area contributed by atoms with Gasteiger partial charge in [0.05, 0.1) is 6.54 Å². The molecule has 1 saturated carbocycles. The fraction of sp³-hybridized carbons (Fsp3) is 0.923. The highest BCUT2D eigenvalue weighted by Gasteiger charge is 2.36. The summed E-state index contributed by atoms with van der Waals surface area (Å²) in [6.45, 7) is 5.89. The van der Waals surface area contributed by atoms with Crippen LogP contribution in [0.5, 0.6) is 0 Å². The van der Waals surface area contributed by atoms with Gasteiger partial charge in [-0.05, 0) is 31.7 Å². The zero-order valence-electron chi connectivity index (χ0n) is 10.0. The summed E-state index contributed by atoms with van der Waals surface area (Å²) in [6.07, 6.45) is 6.84. The Labute approximate surface area is 93.0 Å². The monoisotopic (exact) mass is 209 g/mol. The fourth-order valence-electron chi connectivity index (χ4n) is 3.08. The number of hydrogen-bond donors (Lipinski definition) is 0. The van der Waals surface area contributed by atoms with Crippen LogP contribution in [0.2, 0.25) is 0 Å². The minimum absolute atomic E-state index is 0.202. The highest BCUT2D eigenvalue weighted by Crippen LogP contribution is 2.35. The van der Waals surface area contributed by atoms with Gasteiger partial charge in [-0.15, -0.1) is 0 Å². The van der Waals surface area contributed by atoms with E-state index in [4.69, 9.17) is 0 Å². The van der Waals surface area contributed by atoms with Gasteiger partial charge < -0.3 is 0 Å². The molecule has 1 aliphatic heterocycles. The number of nitrogens with zero attached hydrogens (tertiary/aromatic N) is 1. The molecular weight excluding hydrogens is 186 g/mol. The third-order valence-electron chi connectivity index (χ3n) is 4.13. The molecule has 2 unspecified atom stereocenters. The Morgan fingerprint density at radius 3 is 2.73 bits per heavy atom. The van der Waals surface area contributed by atoms with E-state index in [0.29, 0.717) is 12.3 Å². The number of carbonyl (C=O) groups excluding carboxylic acids is 1. The maximum atomic E-state index is 11.7. The van der Waals surface area contributed by atoms with Gasteiger partial charge in [0, 0.05) is 12.0 Å². The van der Waals surface area contributed by atoms with E-state index in [1.165, 1.54) is 32.1 Å². The third kappa shape index (κ3) is 2.41. The van der Waals surface area contributed by atoms with Crippen molar-refractivity contribution in [2.75, 3.05) is 13.1 Å². The molecule has 15 heavy (non-hydrogen) atoms. The molecule has 0 aromatic heterocycles. The van der Waals surface area contributed by atoms with E-state index in [2.05, 4.69) is 4.90 Å². The van der Waals surface area contributed by atoms with Crippen molar-refractivity contribution in [1.82, 2.24) is 4.90 Å². The van der Waals surface area contributed by atoms with E-state index in [0.717, 1.165) is 18.5 Å². The van der Waals surface area contributed by atoms with Gasteiger partial charge in [0.25, 0.3) is 0 Å².